The normalized spacial score (nSPS) is 15.5. The lowest BCUT2D eigenvalue weighted by atomic mass is 10.0. The fourth-order valence-corrected chi connectivity index (χ4v) is 3.13. The number of Topliss-reactive ketones (excluding diaryl/α,β-unsaturated/α-hetero) is 1. The Morgan fingerprint density at radius 2 is 1.93 bits per heavy atom. The van der Waals surface area contributed by atoms with Crippen molar-refractivity contribution in [2.24, 2.45) is 0 Å². The third kappa shape index (κ3) is 4.44. The van der Waals surface area contributed by atoms with Gasteiger partial charge in [-0.2, -0.15) is 8.78 Å². The molecule has 5 nitrogen and oxygen atoms in total. The lowest BCUT2D eigenvalue weighted by Gasteiger charge is -2.12. The summed E-state index contributed by atoms with van der Waals surface area (Å²) in [6.07, 6.45) is 0.212. The second-order valence-corrected chi connectivity index (χ2v) is 6.45. The number of hydrogen-bond acceptors (Lipinski definition) is 4. The molecule has 1 aliphatic rings. The first-order chi connectivity index (χ1) is 13.3. The van der Waals surface area contributed by atoms with Crippen molar-refractivity contribution in [2.75, 3.05) is 6.61 Å². The molecule has 0 aromatic heterocycles. The van der Waals surface area contributed by atoms with Crippen LogP contribution in [0, 0.1) is 5.82 Å². The molecule has 0 saturated carbocycles. The molecule has 0 saturated heterocycles. The van der Waals surface area contributed by atoms with Gasteiger partial charge in [0.1, 0.15) is 17.3 Å². The Hall–Kier alpha value is -3.03. The van der Waals surface area contributed by atoms with Crippen LogP contribution >= 0.6 is 0 Å². The van der Waals surface area contributed by atoms with Crippen molar-refractivity contribution in [3.05, 3.63) is 58.9 Å². The van der Waals surface area contributed by atoms with Gasteiger partial charge >= 0.3 is 6.61 Å². The third-order valence-corrected chi connectivity index (χ3v) is 4.41. The van der Waals surface area contributed by atoms with Crippen LogP contribution in [0.5, 0.6) is 11.5 Å². The molecule has 0 spiro atoms. The summed E-state index contributed by atoms with van der Waals surface area (Å²) in [4.78, 5) is 24.1. The molecule has 0 fully saturated rings. The van der Waals surface area contributed by atoms with Crippen molar-refractivity contribution in [1.82, 2.24) is 5.32 Å². The lowest BCUT2D eigenvalue weighted by Crippen LogP contribution is -2.28. The molecular weight excluding hydrogens is 375 g/mol. The summed E-state index contributed by atoms with van der Waals surface area (Å²) in [7, 11) is 0. The van der Waals surface area contributed by atoms with Gasteiger partial charge in [0.05, 0.1) is 5.56 Å². The third-order valence-electron chi connectivity index (χ3n) is 4.41. The number of alkyl halides is 2. The topological polar surface area (TPSA) is 64.6 Å². The van der Waals surface area contributed by atoms with Crippen molar-refractivity contribution in [3.8, 4) is 11.5 Å². The van der Waals surface area contributed by atoms with Crippen LogP contribution in [0.25, 0.3) is 0 Å². The highest BCUT2D eigenvalue weighted by molar-refractivity contribution is 6.03. The number of carbonyl (C=O) groups excluding carboxylic acids is 2. The molecule has 28 heavy (non-hydrogen) atoms. The largest absolute Gasteiger partial charge is 0.483 e. The molecule has 1 N–H and O–H groups in total. The van der Waals surface area contributed by atoms with Crippen LogP contribution in [0.3, 0.4) is 0 Å². The average Bonchev–Trinajstić information content (AvgIpc) is 2.95. The smallest absolute Gasteiger partial charge is 0.387 e. The van der Waals surface area contributed by atoms with E-state index < -0.39 is 18.3 Å². The number of rotatable bonds is 7. The van der Waals surface area contributed by atoms with Crippen LogP contribution in [0.15, 0.2) is 36.4 Å². The van der Waals surface area contributed by atoms with Crippen LogP contribution in [0.2, 0.25) is 0 Å². The first-order valence-corrected chi connectivity index (χ1v) is 8.64. The Morgan fingerprint density at radius 1 is 1.21 bits per heavy atom. The Balaban J connectivity index is 1.55. The number of carbonyl (C=O) groups is 2. The second-order valence-electron chi connectivity index (χ2n) is 6.45. The first-order valence-electron chi connectivity index (χ1n) is 8.64. The SMILES string of the molecule is C[C@H]1CC(=O)c2c(OCC(=O)NCc3ccc(OC(F)F)cc3)ccc(F)c21. The van der Waals surface area contributed by atoms with E-state index in [0.717, 1.165) is 0 Å². The highest BCUT2D eigenvalue weighted by Gasteiger charge is 2.32. The molecule has 0 unspecified atom stereocenters. The Labute approximate surface area is 159 Å². The van der Waals surface area contributed by atoms with Crippen LogP contribution in [0.4, 0.5) is 13.2 Å². The van der Waals surface area contributed by atoms with E-state index in [-0.39, 0.29) is 48.3 Å². The van der Waals surface area contributed by atoms with Crippen LogP contribution in [-0.2, 0) is 11.3 Å². The highest BCUT2D eigenvalue weighted by atomic mass is 19.3. The molecule has 2 aromatic rings. The van der Waals surface area contributed by atoms with Gasteiger partial charge in [0.2, 0.25) is 0 Å². The predicted molar refractivity (Wildman–Crippen MR) is 94.2 cm³/mol. The number of hydrogen-bond donors (Lipinski definition) is 1. The van der Waals surface area contributed by atoms with Crippen LogP contribution < -0.4 is 14.8 Å². The van der Waals surface area contributed by atoms with Crippen molar-refractivity contribution in [2.45, 2.75) is 32.4 Å². The number of ketones is 1. The Morgan fingerprint density at radius 3 is 2.61 bits per heavy atom. The lowest BCUT2D eigenvalue weighted by molar-refractivity contribution is -0.123. The average molecular weight is 393 g/mol. The molecule has 8 heteroatoms. The monoisotopic (exact) mass is 393 g/mol. The fourth-order valence-electron chi connectivity index (χ4n) is 3.13. The van der Waals surface area contributed by atoms with Crippen LogP contribution in [0.1, 0.15) is 40.7 Å². The van der Waals surface area contributed by atoms with Crippen molar-refractivity contribution in [1.29, 1.82) is 0 Å². The number of ether oxygens (including phenoxy) is 2. The molecule has 1 amide bonds. The number of nitrogens with one attached hydrogen (secondary N) is 1. The van der Waals surface area contributed by atoms with Crippen molar-refractivity contribution >= 4 is 11.7 Å². The van der Waals surface area contributed by atoms with E-state index >= 15 is 0 Å². The van der Waals surface area contributed by atoms with Gasteiger partial charge in [-0.3, -0.25) is 9.59 Å². The number of amides is 1. The summed E-state index contributed by atoms with van der Waals surface area (Å²) >= 11 is 0. The van der Waals surface area contributed by atoms with E-state index in [2.05, 4.69) is 10.1 Å². The van der Waals surface area contributed by atoms with Gasteiger partial charge in [0.15, 0.2) is 12.4 Å². The van der Waals surface area contributed by atoms with E-state index in [1.165, 1.54) is 24.3 Å². The van der Waals surface area contributed by atoms with Gasteiger partial charge in [-0.25, -0.2) is 4.39 Å². The van der Waals surface area contributed by atoms with Gasteiger partial charge < -0.3 is 14.8 Å². The van der Waals surface area contributed by atoms with E-state index in [9.17, 15) is 22.8 Å². The minimum absolute atomic E-state index is 0.0254. The zero-order chi connectivity index (χ0) is 20.3. The number of benzene rings is 2. The maximum Gasteiger partial charge on any atom is 0.387 e. The summed E-state index contributed by atoms with van der Waals surface area (Å²) in [5, 5.41) is 2.62. The maximum atomic E-state index is 14.0. The van der Waals surface area contributed by atoms with Crippen molar-refractivity contribution < 1.29 is 32.2 Å². The molecule has 0 heterocycles. The van der Waals surface area contributed by atoms with Gasteiger partial charge in [0.25, 0.3) is 5.91 Å². The van der Waals surface area contributed by atoms with Crippen LogP contribution in [-0.4, -0.2) is 24.9 Å². The molecule has 1 aliphatic carbocycles. The summed E-state index contributed by atoms with van der Waals surface area (Å²) in [6, 6.07) is 8.42. The van der Waals surface area contributed by atoms with Gasteiger partial charge in [-0.05, 0) is 35.7 Å². The molecular formula is C20H18F3NO4. The maximum absolute atomic E-state index is 14.0. The zero-order valence-corrected chi connectivity index (χ0v) is 15.0. The summed E-state index contributed by atoms with van der Waals surface area (Å²) < 4.78 is 47.9. The second kappa shape index (κ2) is 8.33. The van der Waals surface area contributed by atoms with Gasteiger partial charge in [0, 0.05) is 18.5 Å². The summed E-state index contributed by atoms with van der Waals surface area (Å²) in [5.74, 6) is -1.11. The fraction of sp³-hybridized carbons (Fsp3) is 0.300. The summed E-state index contributed by atoms with van der Waals surface area (Å²) in [6.45, 7) is -1.31. The van der Waals surface area contributed by atoms with Crippen molar-refractivity contribution in [3.63, 3.8) is 0 Å². The van der Waals surface area contributed by atoms with E-state index in [1.54, 1.807) is 19.1 Å². The van der Waals surface area contributed by atoms with E-state index in [0.29, 0.717) is 11.1 Å². The van der Waals surface area contributed by atoms with E-state index in [1.807, 2.05) is 0 Å². The highest BCUT2D eigenvalue weighted by Crippen LogP contribution is 2.39. The minimum atomic E-state index is -2.90. The molecule has 0 radical (unpaired) electrons. The minimum Gasteiger partial charge on any atom is -0.483 e. The standard InChI is InChI=1S/C20H18F3NO4/c1-11-8-15(25)19-16(7-6-14(21)18(11)19)27-10-17(26)24-9-12-2-4-13(5-3-12)28-20(22)23/h2-7,11,20H,8-10H2,1H3,(H,24,26)/t11-/m0/s1. The quantitative estimate of drug-likeness (QED) is 0.777. The molecule has 0 aliphatic heterocycles. The molecule has 1 atom stereocenters. The number of halogens is 3. The molecule has 148 valence electrons. The molecule has 3 rings (SSSR count). The van der Waals surface area contributed by atoms with Gasteiger partial charge in [-0.1, -0.05) is 19.1 Å². The Bertz CT molecular complexity index is 884. The first kappa shape index (κ1) is 19.7. The molecule has 2 aromatic carbocycles. The van der Waals surface area contributed by atoms with E-state index in [4.69, 9.17) is 4.74 Å². The summed E-state index contributed by atoms with van der Waals surface area (Å²) in [5.41, 5.74) is 1.21. The Kier molecular flexibility index (Phi) is 5.87. The van der Waals surface area contributed by atoms with Gasteiger partial charge in [-0.15, -0.1) is 0 Å². The number of fused-ring (bicyclic) bond motifs is 1. The zero-order valence-electron chi connectivity index (χ0n) is 15.0. The predicted octanol–water partition coefficient (Wildman–Crippen LogP) is 3.81. The molecule has 0 bridgehead atoms.